The molecule has 0 amide bonds. The lowest BCUT2D eigenvalue weighted by atomic mass is 10.1. The largest absolute Gasteiger partial charge is 0.497 e. The van der Waals surface area contributed by atoms with Crippen LogP contribution in [-0.4, -0.2) is 32.7 Å². The van der Waals surface area contributed by atoms with Crippen LogP contribution < -0.4 is 15.4 Å². The predicted octanol–water partition coefficient (Wildman–Crippen LogP) is 3.66. The maximum Gasteiger partial charge on any atom is 0.191 e. The SMILES string of the molecule is CCNC(=NCC(C)c1ccsc1)NCCc1ccc(OC)cc1. The first-order chi connectivity index (χ1) is 11.7. The van der Waals surface area contributed by atoms with Crippen molar-refractivity contribution in [1.29, 1.82) is 0 Å². The number of aliphatic imine (C=N–C) groups is 1. The molecule has 0 aliphatic heterocycles. The fourth-order valence-corrected chi connectivity index (χ4v) is 3.13. The molecule has 0 aliphatic carbocycles. The molecular weight excluding hydrogens is 318 g/mol. The molecule has 1 unspecified atom stereocenters. The summed E-state index contributed by atoms with van der Waals surface area (Å²) in [4.78, 5) is 4.71. The number of guanidine groups is 1. The predicted molar refractivity (Wildman–Crippen MR) is 103 cm³/mol. The fourth-order valence-electron chi connectivity index (χ4n) is 2.35. The lowest BCUT2D eigenvalue weighted by Crippen LogP contribution is -2.38. The van der Waals surface area contributed by atoms with E-state index in [0.29, 0.717) is 5.92 Å². The number of hydrogen-bond donors (Lipinski definition) is 2. The zero-order valence-corrected chi connectivity index (χ0v) is 15.5. The summed E-state index contributed by atoms with van der Waals surface area (Å²) in [7, 11) is 1.69. The van der Waals surface area contributed by atoms with Crippen molar-refractivity contribution in [2.75, 3.05) is 26.7 Å². The van der Waals surface area contributed by atoms with E-state index in [0.717, 1.165) is 37.8 Å². The van der Waals surface area contributed by atoms with Crippen LogP contribution in [-0.2, 0) is 6.42 Å². The quantitative estimate of drug-likeness (QED) is 0.567. The van der Waals surface area contributed by atoms with Crippen LogP contribution in [0.3, 0.4) is 0 Å². The lowest BCUT2D eigenvalue weighted by Gasteiger charge is -2.13. The molecule has 0 saturated heterocycles. The van der Waals surface area contributed by atoms with Crippen LogP contribution in [0.5, 0.6) is 5.75 Å². The van der Waals surface area contributed by atoms with Crippen LogP contribution in [0.15, 0.2) is 46.1 Å². The first-order valence-corrected chi connectivity index (χ1v) is 9.34. The summed E-state index contributed by atoms with van der Waals surface area (Å²) >= 11 is 1.74. The van der Waals surface area contributed by atoms with E-state index in [-0.39, 0.29) is 0 Å². The lowest BCUT2D eigenvalue weighted by molar-refractivity contribution is 0.414. The molecule has 0 spiro atoms. The second kappa shape index (κ2) is 9.98. The van der Waals surface area contributed by atoms with Crippen molar-refractivity contribution in [3.8, 4) is 5.75 Å². The van der Waals surface area contributed by atoms with E-state index < -0.39 is 0 Å². The highest BCUT2D eigenvalue weighted by Crippen LogP contribution is 2.18. The molecule has 0 radical (unpaired) electrons. The van der Waals surface area contributed by atoms with E-state index in [1.54, 1.807) is 18.4 Å². The van der Waals surface area contributed by atoms with E-state index in [1.807, 2.05) is 12.1 Å². The van der Waals surface area contributed by atoms with Gasteiger partial charge in [-0.1, -0.05) is 19.1 Å². The van der Waals surface area contributed by atoms with E-state index in [1.165, 1.54) is 11.1 Å². The first-order valence-electron chi connectivity index (χ1n) is 8.40. The summed E-state index contributed by atoms with van der Waals surface area (Å²) in [6, 6.07) is 10.4. The Hall–Kier alpha value is -2.01. The molecule has 0 aliphatic rings. The van der Waals surface area contributed by atoms with Crippen molar-refractivity contribution < 1.29 is 4.74 Å². The molecule has 0 fully saturated rings. The molecule has 24 heavy (non-hydrogen) atoms. The van der Waals surface area contributed by atoms with Crippen LogP contribution in [0.25, 0.3) is 0 Å². The highest BCUT2D eigenvalue weighted by molar-refractivity contribution is 7.07. The van der Waals surface area contributed by atoms with Gasteiger partial charge in [0.2, 0.25) is 0 Å². The van der Waals surface area contributed by atoms with Crippen LogP contribution >= 0.6 is 11.3 Å². The van der Waals surface area contributed by atoms with Gasteiger partial charge in [-0.15, -0.1) is 0 Å². The molecule has 0 bridgehead atoms. The molecule has 1 atom stereocenters. The number of thiophene rings is 1. The zero-order chi connectivity index (χ0) is 17.2. The molecule has 0 saturated carbocycles. The van der Waals surface area contributed by atoms with Gasteiger partial charge < -0.3 is 15.4 Å². The minimum atomic E-state index is 0.438. The second-order valence-electron chi connectivity index (χ2n) is 5.70. The third-order valence-electron chi connectivity index (χ3n) is 3.84. The Balaban J connectivity index is 1.82. The summed E-state index contributed by atoms with van der Waals surface area (Å²) in [5, 5.41) is 11.0. The standard InChI is InChI=1S/C19H27N3OS/c1-4-20-19(22-13-15(2)17-10-12-24-14-17)21-11-9-16-5-7-18(23-3)8-6-16/h5-8,10,12,14-15H,4,9,11,13H2,1-3H3,(H2,20,21,22). The smallest absolute Gasteiger partial charge is 0.191 e. The highest BCUT2D eigenvalue weighted by atomic mass is 32.1. The maximum absolute atomic E-state index is 5.18. The fraction of sp³-hybridized carbons (Fsp3) is 0.421. The van der Waals surface area contributed by atoms with Gasteiger partial charge in [0.15, 0.2) is 5.96 Å². The van der Waals surface area contributed by atoms with E-state index in [9.17, 15) is 0 Å². The van der Waals surface area contributed by atoms with Gasteiger partial charge in [-0.05, 0) is 53.4 Å². The average molecular weight is 346 g/mol. The summed E-state index contributed by atoms with van der Waals surface area (Å²) in [5.74, 6) is 2.21. The minimum Gasteiger partial charge on any atom is -0.497 e. The van der Waals surface area contributed by atoms with Gasteiger partial charge in [0.05, 0.1) is 7.11 Å². The van der Waals surface area contributed by atoms with Gasteiger partial charge in [0.1, 0.15) is 5.75 Å². The highest BCUT2D eigenvalue weighted by Gasteiger charge is 2.06. The normalized spacial score (nSPS) is 12.7. The summed E-state index contributed by atoms with van der Waals surface area (Å²) in [6.45, 7) is 6.80. The molecule has 2 aromatic rings. The number of nitrogens with zero attached hydrogens (tertiary/aromatic N) is 1. The second-order valence-corrected chi connectivity index (χ2v) is 6.48. The molecule has 1 heterocycles. The zero-order valence-electron chi connectivity index (χ0n) is 14.7. The number of rotatable bonds is 8. The van der Waals surface area contributed by atoms with Crippen molar-refractivity contribution in [1.82, 2.24) is 10.6 Å². The van der Waals surface area contributed by atoms with Crippen LogP contribution in [0, 0.1) is 0 Å². The Labute approximate surface area is 149 Å². The summed E-state index contributed by atoms with van der Waals surface area (Å²) in [5.41, 5.74) is 2.64. The Kier molecular flexibility index (Phi) is 7.62. The number of benzene rings is 1. The van der Waals surface area contributed by atoms with Gasteiger partial charge in [-0.3, -0.25) is 4.99 Å². The minimum absolute atomic E-state index is 0.438. The Morgan fingerprint density at radius 1 is 1.21 bits per heavy atom. The van der Waals surface area contributed by atoms with E-state index >= 15 is 0 Å². The van der Waals surface area contributed by atoms with Gasteiger partial charge >= 0.3 is 0 Å². The van der Waals surface area contributed by atoms with Gasteiger partial charge in [-0.2, -0.15) is 11.3 Å². The van der Waals surface area contributed by atoms with Crippen LogP contribution in [0.1, 0.15) is 30.9 Å². The van der Waals surface area contributed by atoms with Crippen molar-refractivity contribution in [2.24, 2.45) is 4.99 Å². The van der Waals surface area contributed by atoms with Gasteiger partial charge in [-0.25, -0.2) is 0 Å². The first kappa shape index (κ1) is 18.3. The van der Waals surface area contributed by atoms with Crippen LogP contribution in [0.4, 0.5) is 0 Å². The third kappa shape index (κ3) is 5.89. The third-order valence-corrected chi connectivity index (χ3v) is 4.55. The van der Waals surface area contributed by atoms with Crippen molar-refractivity contribution >= 4 is 17.3 Å². The van der Waals surface area contributed by atoms with Crippen LogP contribution in [0.2, 0.25) is 0 Å². The number of methoxy groups -OCH3 is 1. The Morgan fingerprint density at radius 2 is 2.00 bits per heavy atom. The Morgan fingerprint density at radius 3 is 2.62 bits per heavy atom. The topological polar surface area (TPSA) is 45.7 Å². The molecule has 130 valence electrons. The molecule has 1 aromatic carbocycles. The van der Waals surface area contributed by atoms with Crippen molar-refractivity contribution in [3.05, 3.63) is 52.2 Å². The number of hydrogen-bond acceptors (Lipinski definition) is 3. The average Bonchev–Trinajstić information content (AvgIpc) is 3.14. The number of ether oxygens (including phenoxy) is 1. The van der Waals surface area contributed by atoms with Gasteiger partial charge in [0, 0.05) is 25.6 Å². The number of nitrogens with one attached hydrogen (secondary N) is 2. The van der Waals surface area contributed by atoms with Gasteiger partial charge in [0.25, 0.3) is 0 Å². The van der Waals surface area contributed by atoms with Crippen molar-refractivity contribution in [3.63, 3.8) is 0 Å². The Bertz CT molecular complexity index is 608. The summed E-state index contributed by atoms with van der Waals surface area (Å²) in [6.07, 6.45) is 0.953. The summed E-state index contributed by atoms with van der Waals surface area (Å²) < 4.78 is 5.18. The molecule has 1 aromatic heterocycles. The maximum atomic E-state index is 5.18. The van der Waals surface area contributed by atoms with Crippen molar-refractivity contribution in [2.45, 2.75) is 26.2 Å². The van der Waals surface area contributed by atoms with E-state index in [4.69, 9.17) is 9.73 Å². The molecule has 2 rings (SSSR count). The molecule has 5 heteroatoms. The molecule has 2 N–H and O–H groups in total. The molecule has 4 nitrogen and oxygen atoms in total. The van der Waals surface area contributed by atoms with E-state index in [2.05, 4.69) is 53.4 Å². The molecular formula is C19H27N3OS. The monoisotopic (exact) mass is 345 g/mol.